The molecule has 1 rings (SSSR count). The van der Waals surface area contributed by atoms with Crippen LogP contribution in [-0.4, -0.2) is 48.5 Å². The molecule has 4 atom stereocenters. The standard InChI is InChI=1S/C6H12N3O4/c1-12-6-5(11)4(10)3(2-13-6)8-9-7/h3-7,10-11H,2H2,1H3/q+1. The number of aliphatic hydroxyl groups is 2. The first kappa shape index (κ1) is 10.2. The maximum absolute atomic E-state index is 9.42. The van der Waals surface area contributed by atoms with Crippen molar-refractivity contribution in [3.8, 4) is 0 Å². The van der Waals surface area contributed by atoms with E-state index >= 15 is 0 Å². The Labute approximate surface area is 74.5 Å². The summed E-state index contributed by atoms with van der Waals surface area (Å²) in [6.45, 7) is 0.0825. The molecular formula is C6H12N3O4+. The molecule has 1 saturated heterocycles. The van der Waals surface area contributed by atoms with Gasteiger partial charge in [0, 0.05) is 7.11 Å². The van der Waals surface area contributed by atoms with Crippen LogP contribution in [0.5, 0.6) is 0 Å². The first-order valence-corrected chi connectivity index (χ1v) is 3.77. The van der Waals surface area contributed by atoms with Crippen LogP contribution in [0.15, 0.2) is 5.11 Å². The van der Waals surface area contributed by atoms with E-state index in [-0.39, 0.29) is 6.61 Å². The lowest BCUT2D eigenvalue weighted by atomic mass is 10.0. The number of ether oxygens (including phenoxy) is 2. The van der Waals surface area contributed by atoms with E-state index in [2.05, 4.69) is 10.0 Å². The number of aliphatic hydroxyl groups excluding tert-OH is 2. The second kappa shape index (κ2) is 4.40. The van der Waals surface area contributed by atoms with Crippen molar-refractivity contribution in [3.05, 3.63) is 0 Å². The SMILES string of the molecule is COC1OCC(N=[N+]=N)C(O)C1O. The van der Waals surface area contributed by atoms with Gasteiger partial charge < -0.3 is 19.7 Å². The molecule has 0 aromatic carbocycles. The maximum atomic E-state index is 9.42. The minimum absolute atomic E-state index is 0.0825. The molecular weight excluding hydrogens is 178 g/mol. The van der Waals surface area contributed by atoms with Gasteiger partial charge in [0.1, 0.15) is 22.9 Å². The third-order valence-electron chi connectivity index (χ3n) is 1.89. The molecule has 74 valence electrons. The number of nitrogens with one attached hydrogen (secondary N) is 1. The molecule has 4 unspecified atom stereocenters. The van der Waals surface area contributed by atoms with Gasteiger partial charge in [-0.25, -0.2) is 0 Å². The van der Waals surface area contributed by atoms with E-state index in [4.69, 9.17) is 15.0 Å². The number of hydrogen-bond donors (Lipinski definition) is 3. The molecule has 13 heavy (non-hydrogen) atoms. The highest BCUT2D eigenvalue weighted by atomic mass is 16.7. The molecule has 1 heterocycles. The summed E-state index contributed by atoms with van der Waals surface area (Å²) in [6.07, 6.45) is -3.10. The van der Waals surface area contributed by atoms with Crippen LogP contribution in [0.1, 0.15) is 0 Å². The lowest BCUT2D eigenvalue weighted by Crippen LogP contribution is -2.52. The summed E-state index contributed by atoms with van der Waals surface area (Å²) in [6, 6.07) is -0.695. The van der Waals surface area contributed by atoms with Crippen LogP contribution in [0.2, 0.25) is 0 Å². The number of methoxy groups -OCH3 is 1. The summed E-state index contributed by atoms with van der Waals surface area (Å²) >= 11 is 0. The van der Waals surface area contributed by atoms with Gasteiger partial charge in [0.2, 0.25) is 4.91 Å². The smallest absolute Gasteiger partial charge is 0.214 e. The van der Waals surface area contributed by atoms with Gasteiger partial charge in [-0.3, -0.25) is 0 Å². The third kappa shape index (κ3) is 2.09. The van der Waals surface area contributed by atoms with Gasteiger partial charge in [-0.1, -0.05) is 0 Å². The topological polar surface area (TPSA) is 109 Å². The van der Waals surface area contributed by atoms with Crippen molar-refractivity contribution in [2.45, 2.75) is 24.5 Å². The summed E-state index contributed by atoms with van der Waals surface area (Å²) in [7, 11) is 1.37. The minimum Gasteiger partial charge on any atom is -0.388 e. The average Bonchev–Trinajstić information content (AvgIpc) is 2.14. The average molecular weight is 190 g/mol. The van der Waals surface area contributed by atoms with Crippen molar-refractivity contribution >= 4 is 0 Å². The lowest BCUT2D eigenvalue weighted by molar-refractivity contribution is -0.238. The molecule has 3 N–H and O–H groups in total. The number of nitrogens with zero attached hydrogens (tertiary/aromatic N) is 2. The van der Waals surface area contributed by atoms with Crippen molar-refractivity contribution in [2.75, 3.05) is 13.7 Å². The number of hydrogen-bond acceptors (Lipinski definition) is 6. The van der Waals surface area contributed by atoms with E-state index < -0.39 is 24.5 Å². The fraction of sp³-hybridized carbons (Fsp3) is 1.00. The minimum atomic E-state index is -1.16. The first-order chi connectivity index (χ1) is 6.20. The van der Waals surface area contributed by atoms with Crippen LogP contribution in [-0.2, 0) is 9.47 Å². The Morgan fingerprint density at radius 2 is 2.23 bits per heavy atom. The second-order valence-electron chi connectivity index (χ2n) is 2.70. The first-order valence-electron chi connectivity index (χ1n) is 3.77. The molecule has 0 radical (unpaired) electrons. The predicted molar refractivity (Wildman–Crippen MR) is 39.8 cm³/mol. The summed E-state index contributed by atoms with van der Waals surface area (Å²) in [5.74, 6) is 0. The van der Waals surface area contributed by atoms with E-state index in [0.29, 0.717) is 0 Å². The molecule has 0 aliphatic carbocycles. The number of rotatable bonds is 2. The molecule has 1 aliphatic rings. The van der Waals surface area contributed by atoms with Crippen molar-refractivity contribution in [2.24, 2.45) is 5.11 Å². The maximum Gasteiger partial charge on any atom is 0.214 e. The summed E-state index contributed by atoms with van der Waals surface area (Å²) in [5, 5.41) is 22.2. The van der Waals surface area contributed by atoms with E-state index in [1.54, 1.807) is 0 Å². The van der Waals surface area contributed by atoms with E-state index in [9.17, 15) is 10.2 Å². The zero-order chi connectivity index (χ0) is 9.84. The summed E-state index contributed by atoms with van der Waals surface area (Å²) < 4.78 is 9.75. The Morgan fingerprint density at radius 1 is 1.54 bits per heavy atom. The van der Waals surface area contributed by atoms with Crippen LogP contribution in [0, 0.1) is 5.53 Å². The highest BCUT2D eigenvalue weighted by molar-refractivity contribution is 4.86. The molecule has 0 saturated carbocycles. The zero-order valence-corrected chi connectivity index (χ0v) is 7.12. The monoisotopic (exact) mass is 190 g/mol. The fourth-order valence-electron chi connectivity index (χ4n) is 1.16. The Bertz CT molecular complexity index is 218. The van der Waals surface area contributed by atoms with Crippen molar-refractivity contribution in [1.82, 2.24) is 4.91 Å². The molecule has 0 aromatic rings. The molecule has 0 spiro atoms. The quantitative estimate of drug-likeness (QED) is 0.368. The van der Waals surface area contributed by atoms with Gasteiger partial charge in [-0.2, -0.15) is 0 Å². The fourth-order valence-corrected chi connectivity index (χ4v) is 1.16. The van der Waals surface area contributed by atoms with E-state index in [1.165, 1.54) is 7.11 Å². The van der Waals surface area contributed by atoms with Crippen molar-refractivity contribution in [1.29, 1.82) is 5.53 Å². The molecule has 0 aromatic heterocycles. The normalized spacial score (nSPS) is 39.6. The van der Waals surface area contributed by atoms with Crippen LogP contribution in [0.3, 0.4) is 0 Å². The zero-order valence-electron chi connectivity index (χ0n) is 7.12. The molecule has 1 fully saturated rings. The van der Waals surface area contributed by atoms with Crippen LogP contribution >= 0.6 is 0 Å². The highest BCUT2D eigenvalue weighted by Gasteiger charge is 2.41. The Balaban J connectivity index is 2.63. The Kier molecular flexibility index (Phi) is 3.47. The van der Waals surface area contributed by atoms with Gasteiger partial charge in [-0.05, 0) is 0 Å². The van der Waals surface area contributed by atoms with E-state index in [0.717, 1.165) is 0 Å². The van der Waals surface area contributed by atoms with Crippen LogP contribution in [0.25, 0.3) is 0 Å². The largest absolute Gasteiger partial charge is 0.388 e. The summed E-state index contributed by atoms with van der Waals surface area (Å²) in [5.41, 5.74) is 6.47. The molecule has 1 aliphatic heterocycles. The predicted octanol–water partition coefficient (Wildman–Crippen LogP) is -1.37. The van der Waals surface area contributed by atoms with Gasteiger partial charge in [-0.15, -0.1) is 0 Å². The van der Waals surface area contributed by atoms with Crippen LogP contribution in [0.4, 0.5) is 0 Å². The van der Waals surface area contributed by atoms with Crippen LogP contribution < -0.4 is 4.91 Å². The third-order valence-corrected chi connectivity index (χ3v) is 1.89. The molecule has 0 bridgehead atoms. The lowest BCUT2D eigenvalue weighted by Gasteiger charge is -2.32. The van der Waals surface area contributed by atoms with Crippen molar-refractivity contribution in [3.63, 3.8) is 0 Å². The Hall–Kier alpha value is -0.850. The molecule has 0 amide bonds. The van der Waals surface area contributed by atoms with Crippen molar-refractivity contribution < 1.29 is 19.7 Å². The van der Waals surface area contributed by atoms with Gasteiger partial charge in [0.25, 0.3) is 0 Å². The molecule has 7 nitrogen and oxygen atoms in total. The van der Waals surface area contributed by atoms with E-state index in [1.807, 2.05) is 0 Å². The van der Waals surface area contributed by atoms with Gasteiger partial charge in [0.15, 0.2) is 12.3 Å². The summed E-state index contributed by atoms with van der Waals surface area (Å²) in [4.78, 5) is 2.78. The van der Waals surface area contributed by atoms with Gasteiger partial charge in [0.05, 0.1) is 6.61 Å². The van der Waals surface area contributed by atoms with Gasteiger partial charge >= 0.3 is 0 Å². The second-order valence-corrected chi connectivity index (χ2v) is 2.70. The highest BCUT2D eigenvalue weighted by Crippen LogP contribution is 2.17. The molecule has 7 heteroatoms. The Morgan fingerprint density at radius 3 is 2.77 bits per heavy atom.